The van der Waals surface area contributed by atoms with Crippen LogP contribution < -0.4 is 0 Å². The third-order valence-electron chi connectivity index (χ3n) is 2.04. The maximum atomic E-state index is 12.4. The molecule has 0 aromatic carbocycles. The van der Waals surface area contributed by atoms with Gasteiger partial charge in [0.15, 0.2) is 0 Å². The van der Waals surface area contributed by atoms with E-state index in [1.807, 2.05) is 0 Å². The lowest BCUT2D eigenvalue weighted by Crippen LogP contribution is -2.12. The Morgan fingerprint density at radius 1 is 1.44 bits per heavy atom. The molecule has 1 rings (SSSR count). The van der Waals surface area contributed by atoms with Gasteiger partial charge < -0.3 is 4.90 Å². The van der Waals surface area contributed by atoms with Crippen molar-refractivity contribution in [3.63, 3.8) is 0 Å². The number of aryl methyl sites for hydroxylation is 1. The summed E-state index contributed by atoms with van der Waals surface area (Å²) in [5, 5.41) is 0. The lowest BCUT2D eigenvalue weighted by molar-refractivity contribution is -0.141. The van der Waals surface area contributed by atoms with E-state index in [9.17, 15) is 18.0 Å². The molecule has 0 radical (unpaired) electrons. The number of carbonyl (C=O) groups is 1. The Morgan fingerprint density at radius 3 is 2.50 bits per heavy atom. The Balaban J connectivity index is 3.03. The van der Waals surface area contributed by atoms with Gasteiger partial charge in [-0.3, -0.25) is 9.78 Å². The van der Waals surface area contributed by atoms with Crippen LogP contribution >= 0.6 is 0 Å². The van der Waals surface area contributed by atoms with Crippen molar-refractivity contribution >= 4 is 12.2 Å². The minimum atomic E-state index is -4.51. The molecule has 98 valence electrons. The lowest BCUT2D eigenvalue weighted by Gasteiger charge is -2.08. The molecule has 0 aliphatic heterocycles. The van der Waals surface area contributed by atoms with Crippen LogP contribution in [0.3, 0.4) is 0 Å². The first-order valence-corrected chi connectivity index (χ1v) is 5.00. The van der Waals surface area contributed by atoms with Crippen LogP contribution in [0.2, 0.25) is 0 Å². The predicted molar refractivity (Wildman–Crippen MR) is 60.5 cm³/mol. The van der Waals surface area contributed by atoms with Gasteiger partial charge in [-0.15, -0.1) is 0 Å². The highest BCUT2D eigenvalue weighted by Gasteiger charge is 2.32. The van der Waals surface area contributed by atoms with Gasteiger partial charge in [0.25, 0.3) is 5.91 Å². The summed E-state index contributed by atoms with van der Waals surface area (Å²) in [6, 6.07) is 0.832. The van der Waals surface area contributed by atoms with Gasteiger partial charge in [-0.25, -0.2) is 0 Å². The molecule has 0 bridgehead atoms. The first-order valence-electron chi connectivity index (χ1n) is 5.00. The van der Waals surface area contributed by atoms with Crippen molar-refractivity contribution in [2.45, 2.75) is 13.1 Å². The van der Waals surface area contributed by atoms with Gasteiger partial charge >= 0.3 is 6.18 Å². The standard InChI is InChI=1S/C11H12F3N3O/c1-7-4-9(11(12,13)14)15-5-8(7)10(18)16-6-17(2)3/h4-6H,1-3H3/b16-6-. The predicted octanol–water partition coefficient (Wildman–Crippen LogP) is 2.14. The van der Waals surface area contributed by atoms with E-state index in [0.29, 0.717) is 0 Å². The molecule has 1 amide bonds. The van der Waals surface area contributed by atoms with Crippen molar-refractivity contribution in [2.24, 2.45) is 4.99 Å². The van der Waals surface area contributed by atoms with Crippen molar-refractivity contribution in [1.82, 2.24) is 9.88 Å². The molecular weight excluding hydrogens is 247 g/mol. The number of hydrogen-bond acceptors (Lipinski definition) is 2. The molecule has 0 aliphatic carbocycles. The van der Waals surface area contributed by atoms with E-state index < -0.39 is 17.8 Å². The Kier molecular flexibility index (Phi) is 4.05. The minimum Gasteiger partial charge on any atom is -0.369 e. The maximum Gasteiger partial charge on any atom is 0.433 e. The summed E-state index contributed by atoms with van der Waals surface area (Å²) in [5.74, 6) is -0.623. The number of rotatable bonds is 2. The van der Waals surface area contributed by atoms with Crippen molar-refractivity contribution in [2.75, 3.05) is 14.1 Å². The van der Waals surface area contributed by atoms with Gasteiger partial charge in [-0.2, -0.15) is 18.2 Å². The van der Waals surface area contributed by atoms with E-state index in [2.05, 4.69) is 9.98 Å². The highest BCUT2D eigenvalue weighted by molar-refractivity contribution is 5.99. The van der Waals surface area contributed by atoms with E-state index in [1.54, 1.807) is 19.0 Å². The Morgan fingerprint density at radius 2 is 2.06 bits per heavy atom. The van der Waals surface area contributed by atoms with Crippen molar-refractivity contribution < 1.29 is 18.0 Å². The highest BCUT2D eigenvalue weighted by Crippen LogP contribution is 2.28. The van der Waals surface area contributed by atoms with Crippen LogP contribution in [0.5, 0.6) is 0 Å². The van der Waals surface area contributed by atoms with Crippen molar-refractivity contribution in [3.8, 4) is 0 Å². The molecule has 18 heavy (non-hydrogen) atoms. The number of carbonyl (C=O) groups excluding carboxylic acids is 1. The highest BCUT2D eigenvalue weighted by atomic mass is 19.4. The Labute approximate surface area is 102 Å². The molecule has 7 heteroatoms. The number of alkyl halides is 3. The van der Waals surface area contributed by atoms with E-state index in [0.717, 1.165) is 12.3 Å². The van der Waals surface area contributed by atoms with Gasteiger partial charge in [-0.1, -0.05) is 0 Å². The summed E-state index contributed by atoms with van der Waals surface area (Å²) in [4.78, 5) is 19.9. The van der Waals surface area contributed by atoms with E-state index in [1.165, 1.54) is 13.3 Å². The number of hydrogen-bond donors (Lipinski definition) is 0. The minimum absolute atomic E-state index is 0.0566. The summed E-state index contributed by atoms with van der Waals surface area (Å²) in [6.45, 7) is 1.41. The lowest BCUT2D eigenvalue weighted by atomic mass is 10.1. The van der Waals surface area contributed by atoms with E-state index in [4.69, 9.17) is 0 Å². The third-order valence-corrected chi connectivity index (χ3v) is 2.04. The van der Waals surface area contributed by atoms with E-state index >= 15 is 0 Å². The first kappa shape index (κ1) is 14.1. The van der Waals surface area contributed by atoms with Crippen LogP contribution in [-0.4, -0.2) is 36.2 Å². The maximum absolute atomic E-state index is 12.4. The van der Waals surface area contributed by atoms with Crippen LogP contribution in [0.15, 0.2) is 17.3 Å². The topological polar surface area (TPSA) is 45.6 Å². The second kappa shape index (κ2) is 5.16. The quantitative estimate of drug-likeness (QED) is 0.603. The monoisotopic (exact) mass is 259 g/mol. The number of aromatic nitrogens is 1. The normalized spacial score (nSPS) is 11.9. The number of aliphatic imine (C=N–C) groups is 1. The fraction of sp³-hybridized carbons (Fsp3) is 0.364. The summed E-state index contributed by atoms with van der Waals surface area (Å²) in [7, 11) is 3.35. The summed E-state index contributed by atoms with van der Waals surface area (Å²) in [5.41, 5.74) is -0.771. The molecule has 1 aromatic heterocycles. The van der Waals surface area contributed by atoms with Crippen molar-refractivity contribution in [3.05, 3.63) is 29.1 Å². The van der Waals surface area contributed by atoms with Crippen LogP contribution in [0, 0.1) is 6.92 Å². The van der Waals surface area contributed by atoms with Gasteiger partial charge in [-0.05, 0) is 18.6 Å². The molecular formula is C11H12F3N3O. The first-order chi connectivity index (χ1) is 8.21. The zero-order chi connectivity index (χ0) is 13.9. The molecule has 0 spiro atoms. The fourth-order valence-corrected chi connectivity index (χ4v) is 1.17. The average molecular weight is 259 g/mol. The number of pyridine rings is 1. The molecule has 0 aliphatic rings. The second-order valence-electron chi connectivity index (χ2n) is 3.90. The van der Waals surface area contributed by atoms with Crippen LogP contribution in [0.25, 0.3) is 0 Å². The number of halogens is 3. The van der Waals surface area contributed by atoms with Crippen LogP contribution in [-0.2, 0) is 6.18 Å². The molecule has 0 saturated heterocycles. The van der Waals surface area contributed by atoms with E-state index in [-0.39, 0.29) is 11.1 Å². The van der Waals surface area contributed by atoms with Crippen LogP contribution in [0.1, 0.15) is 21.6 Å². The fourth-order valence-electron chi connectivity index (χ4n) is 1.17. The SMILES string of the molecule is Cc1cc(C(F)(F)F)ncc1C(=O)/N=C\N(C)C. The zero-order valence-corrected chi connectivity index (χ0v) is 10.1. The van der Waals surface area contributed by atoms with Gasteiger partial charge in [0.1, 0.15) is 5.69 Å². The average Bonchev–Trinajstić information content (AvgIpc) is 2.24. The largest absolute Gasteiger partial charge is 0.433 e. The second-order valence-corrected chi connectivity index (χ2v) is 3.90. The van der Waals surface area contributed by atoms with Crippen molar-refractivity contribution in [1.29, 1.82) is 0 Å². The molecule has 4 nitrogen and oxygen atoms in total. The molecule has 0 fully saturated rings. The molecule has 1 heterocycles. The molecule has 1 aromatic rings. The molecule has 0 unspecified atom stereocenters. The smallest absolute Gasteiger partial charge is 0.369 e. The van der Waals surface area contributed by atoms with Gasteiger partial charge in [0.2, 0.25) is 0 Å². The van der Waals surface area contributed by atoms with Gasteiger partial charge in [0, 0.05) is 20.3 Å². The summed E-state index contributed by atoms with van der Waals surface area (Å²) in [6.07, 6.45) is -2.34. The number of amides is 1. The summed E-state index contributed by atoms with van der Waals surface area (Å²) >= 11 is 0. The summed E-state index contributed by atoms with van der Waals surface area (Å²) < 4.78 is 37.1. The Hall–Kier alpha value is -1.92. The zero-order valence-electron chi connectivity index (χ0n) is 10.1. The number of nitrogens with zero attached hydrogens (tertiary/aromatic N) is 3. The Bertz CT molecular complexity index is 481. The third kappa shape index (κ3) is 3.54. The molecule has 0 atom stereocenters. The van der Waals surface area contributed by atoms with Crippen LogP contribution in [0.4, 0.5) is 13.2 Å². The molecule has 0 saturated carbocycles. The van der Waals surface area contributed by atoms with Gasteiger partial charge in [0.05, 0.1) is 11.9 Å². The molecule has 0 N–H and O–H groups in total.